The molecule has 0 saturated heterocycles. The topological polar surface area (TPSA) is 48.7 Å². The van der Waals surface area contributed by atoms with Gasteiger partial charge in [0, 0.05) is 18.1 Å². The zero-order valence-electron chi connectivity index (χ0n) is 12.8. The largest absolute Gasteiger partial charge is 0.490 e. The van der Waals surface area contributed by atoms with Crippen molar-refractivity contribution in [2.75, 3.05) is 13.2 Å². The van der Waals surface area contributed by atoms with Crippen molar-refractivity contribution < 1.29 is 13.9 Å². The van der Waals surface area contributed by atoms with Gasteiger partial charge < -0.3 is 13.9 Å². The minimum atomic E-state index is -0.0478. The molecule has 0 bridgehead atoms. The summed E-state index contributed by atoms with van der Waals surface area (Å²) in [7, 11) is 0. The fourth-order valence-corrected chi connectivity index (χ4v) is 2.72. The molecule has 0 N–H and O–H groups in total. The van der Waals surface area contributed by atoms with E-state index in [2.05, 4.69) is 0 Å². The second-order valence-electron chi connectivity index (χ2n) is 5.69. The van der Waals surface area contributed by atoms with Crippen LogP contribution in [-0.4, -0.2) is 13.2 Å². The Morgan fingerprint density at radius 1 is 0.913 bits per heavy atom. The summed E-state index contributed by atoms with van der Waals surface area (Å²) in [6, 6.07) is 12.7. The van der Waals surface area contributed by atoms with Crippen molar-refractivity contribution in [2.24, 2.45) is 0 Å². The van der Waals surface area contributed by atoms with Gasteiger partial charge in [-0.15, -0.1) is 0 Å². The van der Waals surface area contributed by atoms with Gasteiger partial charge in [0.1, 0.15) is 11.3 Å². The Labute approximate surface area is 133 Å². The molecular formula is C19H16O4. The van der Waals surface area contributed by atoms with E-state index in [9.17, 15) is 4.79 Å². The Morgan fingerprint density at radius 2 is 1.74 bits per heavy atom. The third kappa shape index (κ3) is 2.57. The van der Waals surface area contributed by atoms with Gasteiger partial charge in [-0.25, -0.2) is 0 Å². The van der Waals surface area contributed by atoms with Gasteiger partial charge in [0.05, 0.1) is 18.6 Å². The first kappa shape index (κ1) is 13.9. The SMILES string of the molecule is Cc1ccc2c(=O)cc(-c3ccc4c(c3)OCCCO4)oc2c1. The van der Waals surface area contributed by atoms with Gasteiger partial charge in [0.15, 0.2) is 16.9 Å². The summed E-state index contributed by atoms with van der Waals surface area (Å²) in [5.74, 6) is 1.95. The van der Waals surface area contributed by atoms with Crippen LogP contribution in [0, 0.1) is 6.92 Å². The highest BCUT2D eigenvalue weighted by molar-refractivity contribution is 5.79. The summed E-state index contributed by atoms with van der Waals surface area (Å²) < 4.78 is 17.3. The molecule has 116 valence electrons. The summed E-state index contributed by atoms with van der Waals surface area (Å²) in [5, 5.41) is 0.591. The number of hydrogen-bond acceptors (Lipinski definition) is 4. The van der Waals surface area contributed by atoms with Gasteiger partial charge in [0.2, 0.25) is 0 Å². The van der Waals surface area contributed by atoms with Crippen molar-refractivity contribution in [1.29, 1.82) is 0 Å². The molecular weight excluding hydrogens is 292 g/mol. The molecule has 4 nitrogen and oxygen atoms in total. The fraction of sp³-hybridized carbons (Fsp3) is 0.211. The van der Waals surface area contributed by atoms with E-state index >= 15 is 0 Å². The lowest BCUT2D eigenvalue weighted by molar-refractivity contribution is 0.297. The van der Waals surface area contributed by atoms with E-state index in [0.29, 0.717) is 35.7 Å². The van der Waals surface area contributed by atoms with Gasteiger partial charge >= 0.3 is 0 Å². The molecule has 4 heteroatoms. The lowest BCUT2D eigenvalue weighted by atomic mass is 10.1. The average molecular weight is 308 g/mol. The van der Waals surface area contributed by atoms with Crippen LogP contribution in [0.5, 0.6) is 11.5 Å². The quantitative estimate of drug-likeness (QED) is 0.683. The summed E-state index contributed by atoms with van der Waals surface area (Å²) in [4.78, 5) is 12.3. The van der Waals surface area contributed by atoms with Crippen LogP contribution < -0.4 is 14.9 Å². The van der Waals surface area contributed by atoms with Gasteiger partial charge in [-0.1, -0.05) is 6.07 Å². The van der Waals surface area contributed by atoms with Crippen LogP contribution in [0.1, 0.15) is 12.0 Å². The molecule has 4 rings (SSSR count). The smallest absolute Gasteiger partial charge is 0.193 e. The molecule has 23 heavy (non-hydrogen) atoms. The molecule has 1 aromatic heterocycles. The normalized spacial score (nSPS) is 13.8. The van der Waals surface area contributed by atoms with E-state index in [0.717, 1.165) is 23.3 Å². The first-order chi connectivity index (χ1) is 11.2. The third-order valence-corrected chi connectivity index (χ3v) is 3.92. The third-order valence-electron chi connectivity index (χ3n) is 3.92. The molecule has 1 aliphatic rings. The number of rotatable bonds is 1. The first-order valence-corrected chi connectivity index (χ1v) is 7.65. The van der Waals surface area contributed by atoms with Gasteiger partial charge in [-0.05, 0) is 42.8 Å². The number of hydrogen-bond donors (Lipinski definition) is 0. The molecule has 0 fully saturated rings. The van der Waals surface area contributed by atoms with Gasteiger partial charge in [-0.2, -0.15) is 0 Å². The Hall–Kier alpha value is -2.75. The predicted molar refractivity (Wildman–Crippen MR) is 88.3 cm³/mol. The van der Waals surface area contributed by atoms with Crippen LogP contribution in [0.3, 0.4) is 0 Å². The second-order valence-corrected chi connectivity index (χ2v) is 5.69. The Morgan fingerprint density at radius 3 is 2.61 bits per heavy atom. The van der Waals surface area contributed by atoms with E-state index < -0.39 is 0 Å². The molecule has 0 unspecified atom stereocenters. The maximum atomic E-state index is 12.3. The van der Waals surface area contributed by atoms with Crippen molar-refractivity contribution in [3.63, 3.8) is 0 Å². The van der Waals surface area contributed by atoms with Crippen molar-refractivity contribution >= 4 is 11.0 Å². The van der Waals surface area contributed by atoms with Crippen molar-refractivity contribution in [2.45, 2.75) is 13.3 Å². The van der Waals surface area contributed by atoms with Crippen LogP contribution in [-0.2, 0) is 0 Å². The first-order valence-electron chi connectivity index (χ1n) is 7.65. The Balaban J connectivity index is 1.86. The molecule has 0 spiro atoms. The fourth-order valence-electron chi connectivity index (χ4n) is 2.72. The van der Waals surface area contributed by atoms with Gasteiger partial charge in [0.25, 0.3) is 0 Å². The van der Waals surface area contributed by atoms with Crippen LogP contribution in [0.25, 0.3) is 22.3 Å². The van der Waals surface area contributed by atoms with Crippen LogP contribution in [0.15, 0.2) is 51.7 Å². The number of fused-ring (bicyclic) bond motifs is 2. The number of ether oxygens (including phenoxy) is 2. The predicted octanol–water partition coefficient (Wildman–Crippen LogP) is 3.93. The highest BCUT2D eigenvalue weighted by Gasteiger charge is 2.13. The lowest BCUT2D eigenvalue weighted by Crippen LogP contribution is -2.00. The lowest BCUT2D eigenvalue weighted by Gasteiger charge is -2.09. The Kier molecular flexibility index (Phi) is 3.30. The van der Waals surface area contributed by atoms with E-state index in [1.54, 1.807) is 6.07 Å². The summed E-state index contributed by atoms with van der Waals surface area (Å²) in [5.41, 5.74) is 2.40. The van der Waals surface area contributed by atoms with E-state index in [1.165, 1.54) is 6.07 Å². The molecule has 0 saturated carbocycles. The maximum absolute atomic E-state index is 12.3. The average Bonchev–Trinajstić information content (AvgIpc) is 2.78. The van der Waals surface area contributed by atoms with Crippen molar-refractivity contribution in [3.8, 4) is 22.8 Å². The maximum Gasteiger partial charge on any atom is 0.193 e. The summed E-state index contributed by atoms with van der Waals surface area (Å²) in [6.07, 6.45) is 0.856. The summed E-state index contributed by atoms with van der Waals surface area (Å²) in [6.45, 7) is 3.24. The minimum Gasteiger partial charge on any atom is -0.490 e. The molecule has 0 atom stereocenters. The van der Waals surface area contributed by atoms with Crippen molar-refractivity contribution in [1.82, 2.24) is 0 Å². The standard InChI is InChI=1S/C19H16O4/c1-12-3-5-14-15(20)11-17(23-18(14)9-12)13-4-6-16-19(10-13)22-8-2-7-21-16/h3-6,9-11H,2,7-8H2,1H3. The van der Waals surface area contributed by atoms with Crippen LogP contribution in [0.4, 0.5) is 0 Å². The zero-order chi connectivity index (χ0) is 15.8. The Bertz CT molecular complexity index is 940. The summed E-state index contributed by atoms with van der Waals surface area (Å²) >= 11 is 0. The molecule has 2 aromatic carbocycles. The molecule has 0 radical (unpaired) electrons. The molecule has 2 heterocycles. The second kappa shape index (κ2) is 5.47. The number of aryl methyl sites for hydroxylation is 1. The van der Waals surface area contributed by atoms with Crippen molar-refractivity contribution in [3.05, 3.63) is 58.3 Å². The zero-order valence-corrected chi connectivity index (χ0v) is 12.8. The highest BCUT2D eigenvalue weighted by atomic mass is 16.5. The van der Waals surface area contributed by atoms with Crippen LogP contribution in [0.2, 0.25) is 0 Å². The number of benzene rings is 2. The molecule has 0 amide bonds. The van der Waals surface area contributed by atoms with E-state index in [1.807, 2.05) is 37.3 Å². The molecule has 1 aliphatic heterocycles. The van der Waals surface area contributed by atoms with Gasteiger partial charge in [-0.3, -0.25) is 4.79 Å². The van der Waals surface area contributed by atoms with E-state index in [-0.39, 0.29) is 5.43 Å². The van der Waals surface area contributed by atoms with Crippen LogP contribution >= 0.6 is 0 Å². The monoisotopic (exact) mass is 308 g/mol. The molecule has 3 aromatic rings. The minimum absolute atomic E-state index is 0.0478. The molecule has 0 aliphatic carbocycles. The highest BCUT2D eigenvalue weighted by Crippen LogP contribution is 2.34. The van der Waals surface area contributed by atoms with E-state index in [4.69, 9.17) is 13.9 Å².